The lowest BCUT2D eigenvalue weighted by Gasteiger charge is -2.08. The van der Waals surface area contributed by atoms with E-state index in [-0.39, 0.29) is 24.5 Å². The topological polar surface area (TPSA) is 101 Å². The number of nitro benzene ring substituents is 1. The highest BCUT2D eigenvalue weighted by Gasteiger charge is 2.19. The number of anilines is 1. The van der Waals surface area contributed by atoms with E-state index in [0.717, 1.165) is 6.07 Å². The zero-order chi connectivity index (χ0) is 14.5. The number of nitrogens with zero attached hydrogens (tertiary/aromatic N) is 1. The van der Waals surface area contributed by atoms with Gasteiger partial charge in [-0.3, -0.25) is 10.1 Å². The molecule has 0 aromatic heterocycles. The van der Waals surface area contributed by atoms with Crippen LogP contribution < -0.4 is 10.0 Å². The van der Waals surface area contributed by atoms with Crippen molar-refractivity contribution in [2.24, 2.45) is 0 Å². The lowest BCUT2D eigenvalue weighted by Crippen LogP contribution is -2.29. The van der Waals surface area contributed by atoms with Crippen LogP contribution in [0.4, 0.5) is 15.8 Å². The first-order valence-electron chi connectivity index (χ1n) is 5.51. The molecule has 0 heterocycles. The average molecular weight is 291 g/mol. The van der Waals surface area contributed by atoms with E-state index >= 15 is 0 Å². The third kappa shape index (κ3) is 4.45. The standard InChI is InChI=1S/C10H14FN3O4S/c1-2-13-19(17,18)7-6-12-9-5-3-4-8(11)10(9)14(15)16/h3-5,12-13H,2,6-7H2,1H3. The smallest absolute Gasteiger partial charge is 0.327 e. The van der Waals surface area contributed by atoms with Gasteiger partial charge in [-0.2, -0.15) is 4.39 Å². The normalized spacial score (nSPS) is 11.3. The summed E-state index contributed by atoms with van der Waals surface area (Å²) in [6, 6.07) is 3.60. The fourth-order valence-electron chi connectivity index (χ4n) is 1.46. The van der Waals surface area contributed by atoms with Crippen LogP contribution in [0.15, 0.2) is 18.2 Å². The first-order chi connectivity index (χ1) is 8.87. The Morgan fingerprint density at radius 3 is 2.68 bits per heavy atom. The van der Waals surface area contributed by atoms with Crippen molar-refractivity contribution < 1.29 is 17.7 Å². The lowest BCUT2D eigenvalue weighted by molar-refractivity contribution is -0.386. The predicted octanol–water partition coefficient (Wildman–Crippen LogP) is 1.09. The molecule has 0 radical (unpaired) electrons. The number of nitrogens with one attached hydrogen (secondary N) is 2. The minimum Gasteiger partial charge on any atom is -0.378 e. The highest BCUT2D eigenvalue weighted by Crippen LogP contribution is 2.26. The van der Waals surface area contributed by atoms with E-state index in [1.807, 2.05) is 0 Å². The SMILES string of the molecule is CCNS(=O)(=O)CCNc1cccc(F)c1[N+](=O)[O-]. The van der Waals surface area contributed by atoms with E-state index in [2.05, 4.69) is 10.0 Å². The van der Waals surface area contributed by atoms with Gasteiger partial charge in [0.15, 0.2) is 0 Å². The highest BCUT2D eigenvalue weighted by molar-refractivity contribution is 7.89. The summed E-state index contributed by atoms with van der Waals surface area (Å²) in [6.45, 7) is 1.85. The molecule has 0 aliphatic carbocycles. The van der Waals surface area contributed by atoms with E-state index in [1.165, 1.54) is 12.1 Å². The molecule has 19 heavy (non-hydrogen) atoms. The molecule has 0 fully saturated rings. The Hall–Kier alpha value is -1.74. The first kappa shape index (κ1) is 15.3. The minimum atomic E-state index is -3.42. The summed E-state index contributed by atoms with van der Waals surface area (Å²) in [5.74, 6) is -1.22. The van der Waals surface area contributed by atoms with Crippen molar-refractivity contribution in [3.05, 3.63) is 34.1 Å². The van der Waals surface area contributed by atoms with Crippen molar-refractivity contribution in [3.8, 4) is 0 Å². The molecule has 9 heteroatoms. The van der Waals surface area contributed by atoms with Crippen LogP contribution in [-0.2, 0) is 10.0 Å². The number of nitro groups is 1. The molecule has 0 aliphatic heterocycles. The van der Waals surface area contributed by atoms with Crippen molar-refractivity contribution in [2.75, 3.05) is 24.2 Å². The Balaban J connectivity index is 2.74. The fourth-order valence-corrected chi connectivity index (χ4v) is 2.41. The van der Waals surface area contributed by atoms with Crippen LogP contribution in [0.2, 0.25) is 0 Å². The maximum absolute atomic E-state index is 13.3. The zero-order valence-electron chi connectivity index (χ0n) is 10.2. The van der Waals surface area contributed by atoms with Gasteiger partial charge in [0.05, 0.1) is 10.7 Å². The number of para-hydroxylation sites is 1. The summed E-state index contributed by atoms with van der Waals surface area (Å²) in [4.78, 5) is 9.85. The maximum Gasteiger partial charge on any atom is 0.327 e. The van der Waals surface area contributed by atoms with Crippen molar-refractivity contribution >= 4 is 21.4 Å². The molecule has 1 rings (SSSR count). The minimum absolute atomic E-state index is 0.0447. The first-order valence-corrected chi connectivity index (χ1v) is 7.16. The van der Waals surface area contributed by atoms with E-state index in [1.54, 1.807) is 6.92 Å². The van der Waals surface area contributed by atoms with Crippen LogP contribution in [-0.4, -0.2) is 32.2 Å². The van der Waals surface area contributed by atoms with Crippen molar-refractivity contribution in [3.63, 3.8) is 0 Å². The Bertz CT molecular complexity index is 562. The van der Waals surface area contributed by atoms with Gasteiger partial charge in [0.2, 0.25) is 15.8 Å². The summed E-state index contributed by atoms with van der Waals surface area (Å²) in [7, 11) is -3.42. The molecular formula is C10H14FN3O4S. The van der Waals surface area contributed by atoms with E-state index in [0.29, 0.717) is 0 Å². The Labute approximate surface area is 110 Å². The van der Waals surface area contributed by atoms with Crippen molar-refractivity contribution in [2.45, 2.75) is 6.92 Å². The van der Waals surface area contributed by atoms with Crippen LogP contribution >= 0.6 is 0 Å². The summed E-state index contributed by atoms with van der Waals surface area (Å²) in [6.07, 6.45) is 0. The summed E-state index contributed by atoms with van der Waals surface area (Å²) < 4.78 is 38.2. The van der Waals surface area contributed by atoms with Crippen LogP contribution in [0, 0.1) is 15.9 Å². The van der Waals surface area contributed by atoms with Gasteiger partial charge < -0.3 is 5.32 Å². The monoisotopic (exact) mass is 291 g/mol. The van der Waals surface area contributed by atoms with Gasteiger partial charge in [0.1, 0.15) is 5.69 Å². The molecule has 0 atom stereocenters. The number of halogens is 1. The number of rotatable bonds is 7. The molecule has 0 spiro atoms. The third-order valence-electron chi connectivity index (χ3n) is 2.22. The number of hydrogen-bond acceptors (Lipinski definition) is 5. The van der Waals surface area contributed by atoms with Gasteiger partial charge in [-0.05, 0) is 12.1 Å². The maximum atomic E-state index is 13.3. The Morgan fingerprint density at radius 2 is 2.11 bits per heavy atom. The molecule has 0 saturated heterocycles. The van der Waals surface area contributed by atoms with Crippen LogP contribution in [0.25, 0.3) is 0 Å². The molecule has 0 unspecified atom stereocenters. The fraction of sp³-hybridized carbons (Fsp3) is 0.400. The van der Waals surface area contributed by atoms with Crippen LogP contribution in [0.1, 0.15) is 6.92 Å². The molecule has 0 saturated carbocycles. The van der Waals surface area contributed by atoms with Gasteiger partial charge in [-0.1, -0.05) is 13.0 Å². The van der Waals surface area contributed by atoms with Gasteiger partial charge >= 0.3 is 5.69 Å². The van der Waals surface area contributed by atoms with E-state index in [4.69, 9.17) is 0 Å². The summed E-state index contributed by atoms with van der Waals surface area (Å²) in [5, 5.41) is 13.2. The molecule has 106 valence electrons. The number of benzene rings is 1. The second-order valence-electron chi connectivity index (χ2n) is 3.64. The zero-order valence-corrected chi connectivity index (χ0v) is 11.0. The predicted molar refractivity (Wildman–Crippen MR) is 69.0 cm³/mol. The van der Waals surface area contributed by atoms with Gasteiger partial charge in [-0.15, -0.1) is 0 Å². The number of hydrogen-bond donors (Lipinski definition) is 2. The molecule has 1 aromatic carbocycles. The molecule has 7 nitrogen and oxygen atoms in total. The molecule has 1 aromatic rings. The molecule has 0 amide bonds. The van der Waals surface area contributed by atoms with Crippen molar-refractivity contribution in [1.29, 1.82) is 0 Å². The van der Waals surface area contributed by atoms with Gasteiger partial charge in [0, 0.05) is 13.1 Å². The van der Waals surface area contributed by atoms with Crippen LogP contribution in [0.5, 0.6) is 0 Å². The molecule has 2 N–H and O–H groups in total. The number of sulfonamides is 1. The summed E-state index contributed by atoms with van der Waals surface area (Å²) >= 11 is 0. The van der Waals surface area contributed by atoms with Crippen molar-refractivity contribution in [1.82, 2.24) is 4.72 Å². The van der Waals surface area contributed by atoms with Gasteiger partial charge in [-0.25, -0.2) is 13.1 Å². The molecule has 0 aliphatic rings. The highest BCUT2D eigenvalue weighted by atomic mass is 32.2. The lowest BCUT2D eigenvalue weighted by atomic mass is 10.2. The van der Waals surface area contributed by atoms with E-state index in [9.17, 15) is 22.9 Å². The second kappa shape index (κ2) is 6.43. The molecular weight excluding hydrogens is 277 g/mol. The average Bonchev–Trinajstić information content (AvgIpc) is 2.28. The summed E-state index contributed by atoms with van der Waals surface area (Å²) in [5.41, 5.74) is -0.736. The molecule has 0 bridgehead atoms. The second-order valence-corrected chi connectivity index (χ2v) is 5.56. The quantitative estimate of drug-likeness (QED) is 0.578. The van der Waals surface area contributed by atoms with Gasteiger partial charge in [0.25, 0.3) is 0 Å². The van der Waals surface area contributed by atoms with E-state index < -0.39 is 26.5 Å². The van der Waals surface area contributed by atoms with Crippen LogP contribution in [0.3, 0.4) is 0 Å². The third-order valence-corrected chi connectivity index (χ3v) is 3.69. The largest absolute Gasteiger partial charge is 0.378 e. The Kier molecular flexibility index (Phi) is 5.19. The Morgan fingerprint density at radius 1 is 1.42 bits per heavy atom.